The molecule has 5 heteroatoms. The van der Waals surface area contributed by atoms with E-state index in [1.54, 1.807) is 13.8 Å². The molecule has 74 valence electrons. The first kappa shape index (κ1) is 11.6. The fourth-order valence-electron chi connectivity index (χ4n) is 1.22. The summed E-state index contributed by atoms with van der Waals surface area (Å²) in [6.07, 6.45) is 0.836. The van der Waals surface area contributed by atoms with Crippen molar-refractivity contribution in [3.8, 4) is 0 Å². The van der Waals surface area contributed by atoms with Gasteiger partial charge in [0.15, 0.2) is 0 Å². The molecule has 0 saturated carbocycles. The summed E-state index contributed by atoms with van der Waals surface area (Å²) in [6, 6.07) is 0. The highest BCUT2D eigenvalue weighted by Crippen LogP contribution is 2.25. The molecule has 0 unspecified atom stereocenters. The first-order valence-corrected chi connectivity index (χ1v) is 4.09. The third-order valence-corrected chi connectivity index (χ3v) is 2.30. The van der Waals surface area contributed by atoms with Crippen LogP contribution in [0, 0.1) is 5.41 Å². The van der Waals surface area contributed by atoms with E-state index in [2.05, 4.69) is 0 Å². The van der Waals surface area contributed by atoms with E-state index in [0.29, 0.717) is 12.8 Å². The maximum Gasteiger partial charge on any atom is 0.241 e. The molecule has 0 atom stereocenters. The zero-order chi connectivity index (χ0) is 10.5. The molecule has 3 N–H and O–H groups in total. The van der Waals surface area contributed by atoms with Crippen LogP contribution in [0.2, 0.25) is 0 Å². The number of amides is 3. The van der Waals surface area contributed by atoms with Gasteiger partial charge in [-0.3, -0.25) is 19.7 Å². The van der Waals surface area contributed by atoms with Crippen LogP contribution >= 0.6 is 0 Å². The van der Waals surface area contributed by atoms with E-state index in [0.717, 1.165) is 0 Å². The van der Waals surface area contributed by atoms with Crippen LogP contribution < -0.4 is 11.1 Å². The first-order chi connectivity index (χ1) is 6.05. The van der Waals surface area contributed by atoms with Crippen molar-refractivity contribution in [2.24, 2.45) is 11.1 Å². The van der Waals surface area contributed by atoms with Gasteiger partial charge in [-0.1, -0.05) is 13.8 Å². The molecule has 0 aromatic carbocycles. The zero-order valence-corrected chi connectivity index (χ0v) is 7.79. The number of nitrogens with one attached hydrogen (secondary N) is 1. The van der Waals surface area contributed by atoms with Gasteiger partial charge in [0.2, 0.25) is 18.2 Å². The maximum atomic E-state index is 11.3. The molecule has 0 bridgehead atoms. The molecule has 3 amide bonds. The number of imide groups is 1. The van der Waals surface area contributed by atoms with Gasteiger partial charge in [0.05, 0.1) is 0 Å². The van der Waals surface area contributed by atoms with Crippen molar-refractivity contribution in [2.75, 3.05) is 0 Å². The quantitative estimate of drug-likeness (QED) is 0.450. The van der Waals surface area contributed by atoms with Crippen molar-refractivity contribution in [1.29, 1.82) is 0 Å². The second-order valence-corrected chi connectivity index (χ2v) is 2.74. The van der Waals surface area contributed by atoms with Crippen LogP contribution in [-0.4, -0.2) is 18.2 Å². The van der Waals surface area contributed by atoms with Crippen LogP contribution in [-0.2, 0) is 14.4 Å². The van der Waals surface area contributed by atoms with Gasteiger partial charge in [-0.15, -0.1) is 0 Å². The molecule has 0 aliphatic rings. The molecule has 0 radical (unpaired) electrons. The lowest BCUT2D eigenvalue weighted by atomic mass is 9.80. The molecule has 0 aliphatic heterocycles. The molecular formula is C8H14N2O3. The van der Waals surface area contributed by atoms with Gasteiger partial charge in [-0.2, -0.15) is 0 Å². The standard InChI is InChI=1S/C8H14N2O3/c1-3-8(4-2,6(9)12)7(13)10-5-11/h5H,3-4H2,1-2H3,(H2,9,12)(H,10,11,13). The summed E-state index contributed by atoms with van der Waals surface area (Å²) in [5.74, 6) is -1.32. The Kier molecular flexibility index (Phi) is 4.10. The van der Waals surface area contributed by atoms with Gasteiger partial charge in [0.1, 0.15) is 5.41 Å². The van der Waals surface area contributed by atoms with E-state index in [1.165, 1.54) is 0 Å². The summed E-state index contributed by atoms with van der Waals surface area (Å²) in [5.41, 5.74) is 3.86. The van der Waals surface area contributed by atoms with E-state index in [1.807, 2.05) is 5.32 Å². The third-order valence-electron chi connectivity index (χ3n) is 2.30. The van der Waals surface area contributed by atoms with E-state index in [-0.39, 0.29) is 6.41 Å². The normalized spacial score (nSPS) is 10.6. The molecule has 0 aromatic heterocycles. The monoisotopic (exact) mass is 186 g/mol. The second-order valence-electron chi connectivity index (χ2n) is 2.74. The largest absolute Gasteiger partial charge is 0.369 e. The van der Waals surface area contributed by atoms with Gasteiger partial charge in [0, 0.05) is 0 Å². The van der Waals surface area contributed by atoms with Crippen LogP contribution in [0.25, 0.3) is 0 Å². The predicted molar refractivity (Wildman–Crippen MR) is 46.4 cm³/mol. The Morgan fingerprint density at radius 1 is 1.38 bits per heavy atom. The van der Waals surface area contributed by atoms with Crippen LogP contribution in [0.1, 0.15) is 26.7 Å². The number of primary amides is 1. The van der Waals surface area contributed by atoms with Crippen LogP contribution in [0.3, 0.4) is 0 Å². The number of nitrogens with two attached hydrogens (primary N) is 1. The van der Waals surface area contributed by atoms with E-state index in [9.17, 15) is 14.4 Å². The first-order valence-electron chi connectivity index (χ1n) is 4.09. The van der Waals surface area contributed by atoms with Crippen molar-refractivity contribution >= 4 is 18.2 Å². The molecule has 0 aromatic rings. The summed E-state index contributed by atoms with van der Waals surface area (Å²) >= 11 is 0. The SMILES string of the molecule is CCC(CC)(C(N)=O)C(=O)NC=O. The van der Waals surface area contributed by atoms with Crippen molar-refractivity contribution in [2.45, 2.75) is 26.7 Å². The summed E-state index contributed by atoms with van der Waals surface area (Å²) in [7, 11) is 0. The summed E-state index contributed by atoms with van der Waals surface area (Å²) < 4.78 is 0. The van der Waals surface area contributed by atoms with Crippen molar-refractivity contribution < 1.29 is 14.4 Å². The number of carbonyl (C=O) groups is 3. The second kappa shape index (κ2) is 4.59. The Morgan fingerprint density at radius 3 is 2.08 bits per heavy atom. The molecule has 13 heavy (non-hydrogen) atoms. The van der Waals surface area contributed by atoms with Crippen molar-refractivity contribution in [3.63, 3.8) is 0 Å². The molecule has 0 heterocycles. The third kappa shape index (κ3) is 2.05. The topological polar surface area (TPSA) is 89.3 Å². The molecule has 0 saturated heterocycles. The van der Waals surface area contributed by atoms with Gasteiger partial charge in [-0.25, -0.2) is 0 Å². The predicted octanol–water partition coefficient (Wildman–Crippen LogP) is -0.449. The molecule has 0 aliphatic carbocycles. The maximum absolute atomic E-state index is 11.3. The minimum Gasteiger partial charge on any atom is -0.369 e. The van der Waals surface area contributed by atoms with Gasteiger partial charge in [0.25, 0.3) is 0 Å². The van der Waals surface area contributed by atoms with E-state index in [4.69, 9.17) is 5.73 Å². The fraction of sp³-hybridized carbons (Fsp3) is 0.625. The van der Waals surface area contributed by atoms with E-state index >= 15 is 0 Å². The molecule has 0 fully saturated rings. The Hall–Kier alpha value is -1.39. The highest BCUT2D eigenvalue weighted by atomic mass is 16.2. The Bertz CT molecular complexity index is 221. The Balaban J connectivity index is 4.85. The number of hydrogen-bond donors (Lipinski definition) is 2. The smallest absolute Gasteiger partial charge is 0.241 e. The van der Waals surface area contributed by atoms with Crippen LogP contribution in [0.5, 0.6) is 0 Å². The highest BCUT2D eigenvalue weighted by Gasteiger charge is 2.40. The van der Waals surface area contributed by atoms with Crippen molar-refractivity contribution in [1.82, 2.24) is 5.32 Å². The lowest BCUT2D eigenvalue weighted by Gasteiger charge is -2.24. The zero-order valence-electron chi connectivity index (χ0n) is 7.79. The van der Waals surface area contributed by atoms with Crippen LogP contribution in [0.15, 0.2) is 0 Å². The average Bonchev–Trinajstić information content (AvgIpc) is 2.07. The summed E-state index contributed by atoms with van der Waals surface area (Å²) in [5, 5.41) is 1.95. The Morgan fingerprint density at radius 2 is 1.85 bits per heavy atom. The van der Waals surface area contributed by atoms with Gasteiger partial charge >= 0.3 is 0 Å². The average molecular weight is 186 g/mol. The van der Waals surface area contributed by atoms with Gasteiger partial charge in [-0.05, 0) is 12.8 Å². The van der Waals surface area contributed by atoms with Gasteiger partial charge < -0.3 is 5.73 Å². The minimum atomic E-state index is -1.25. The number of hydrogen-bond acceptors (Lipinski definition) is 3. The van der Waals surface area contributed by atoms with Crippen molar-refractivity contribution in [3.05, 3.63) is 0 Å². The van der Waals surface area contributed by atoms with Crippen LogP contribution in [0.4, 0.5) is 0 Å². The number of carbonyl (C=O) groups excluding carboxylic acids is 3. The molecular weight excluding hydrogens is 172 g/mol. The highest BCUT2D eigenvalue weighted by molar-refractivity contribution is 6.07. The lowest BCUT2D eigenvalue weighted by Crippen LogP contribution is -2.48. The lowest BCUT2D eigenvalue weighted by molar-refractivity contribution is -0.143. The molecule has 5 nitrogen and oxygen atoms in total. The Labute approximate surface area is 76.7 Å². The number of rotatable bonds is 5. The molecule has 0 spiro atoms. The fourth-order valence-corrected chi connectivity index (χ4v) is 1.22. The van der Waals surface area contributed by atoms with E-state index < -0.39 is 17.2 Å². The molecule has 0 rings (SSSR count). The minimum absolute atomic E-state index is 0.255. The summed E-state index contributed by atoms with van der Waals surface area (Å²) in [4.78, 5) is 32.4. The summed E-state index contributed by atoms with van der Waals surface area (Å²) in [6.45, 7) is 3.36.